The Bertz CT molecular complexity index is 1290. The van der Waals surface area contributed by atoms with E-state index in [9.17, 15) is 14.6 Å². The number of allylic oxidation sites excluding steroid dienone is 1. The normalized spacial score (nSPS) is 18.9. The molecule has 5 rings (SSSR count). The zero-order chi connectivity index (χ0) is 25.2. The molecule has 0 aliphatic carbocycles. The lowest BCUT2D eigenvalue weighted by molar-refractivity contribution is 0.167. The molecular formula is C30H31FN2O3. The lowest BCUT2D eigenvalue weighted by Crippen LogP contribution is -2.44. The monoisotopic (exact) mass is 486 g/mol. The molecule has 2 aliphatic rings. The van der Waals surface area contributed by atoms with Gasteiger partial charge < -0.3 is 19.8 Å². The smallest absolute Gasteiger partial charge is 0.150 e. The average Bonchev–Trinajstić information content (AvgIpc) is 2.85. The molecule has 1 saturated heterocycles. The van der Waals surface area contributed by atoms with Crippen molar-refractivity contribution in [3.8, 4) is 17.2 Å². The van der Waals surface area contributed by atoms with Crippen LogP contribution in [-0.2, 0) is 0 Å². The maximum atomic E-state index is 14.2. The van der Waals surface area contributed by atoms with E-state index in [1.165, 1.54) is 6.07 Å². The number of piperazine rings is 1. The second-order valence-electron chi connectivity index (χ2n) is 9.59. The molecule has 2 aliphatic heterocycles. The van der Waals surface area contributed by atoms with Gasteiger partial charge >= 0.3 is 0 Å². The average molecular weight is 487 g/mol. The number of phenols is 2. The van der Waals surface area contributed by atoms with Gasteiger partial charge in [-0.1, -0.05) is 36.4 Å². The van der Waals surface area contributed by atoms with E-state index >= 15 is 0 Å². The van der Waals surface area contributed by atoms with Crippen LogP contribution < -0.4 is 4.74 Å². The summed E-state index contributed by atoms with van der Waals surface area (Å²) in [6, 6.07) is 17.2. The topological polar surface area (TPSA) is 56.2 Å². The second-order valence-corrected chi connectivity index (χ2v) is 9.59. The summed E-state index contributed by atoms with van der Waals surface area (Å²) >= 11 is 0. The van der Waals surface area contributed by atoms with E-state index in [0.717, 1.165) is 66.6 Å². The van der Waals surface area contributed by atoms with Crippen molar-refractivity contribution in [2.24, 2.45) is 0 Å². The van der Waals surface area contributed by atoms with E-state index in [2.05, 4.69) is 41.1 Å². The Morgan fingerprint density at radius 2 is 1.69 bits per heavy atom. The first-order valence-electron chi connectivity index (χ1n) is 12.3. The summed E-state index contributed by atoms with van der Waals surface area (Å²) in [6.07, 6.45) is 3.84. The molecule has 2 N–H and O–H groups in total. The fourth-order valence-electron chi connectivity index (χ4n) is 4.92. The first kappa shape index (κ1) is 24.1. The van der Waals surface area contributed by atoms with Crippen LogP contribution in [0.2, 0.25) is 0 Å². The lowest BCUT2D eigenvalue weighted by Gasteiger charge is -2.31. The van der Waals surface area contributed by atoms with Crippen molar-refractivity contribution in [2.75, 3.05) is 39.8 Å². The first-order chi connectivity index (χ1) is 17.4. The number of phenolic OH excluding ortho intramolecular Hbond substituents is 2. The third-order valence-corrected chi connectivity index (χ3v) is 6.98. The molecule has 0 radical (unpaired) electrons. The third kappa shape index (κ3) is 5.15. The van der Waals surface area contributed by atoms with Gasteiger partial charge in [-0.15, -0.1) is 0 Å². The SMILES string of the molecule is CC1=C(c2cc(O)cc(F)c2)C(c2ccc(/C=C\CN3CCN(C)CC3)cc2)Oc2ccc(O)cc21. The molecule has 6 heteroatoms. The van der Waals surface area contributed by atoms with Gasteiger partial charge in [-0.05, 0) is 66.6 Å². The van der Waals surface area contributed by atoms with Crippen LogP contribution >= 0.6 is 0 Å². The van der Waals surface area contributed by atoms with Gasteiger partial charge in [0.25, 0.3) is 0 Å². The molecule has 0 bridgehead atoms. The van der Waals surface area contributed by atoms with Crippen molar-refractivity contribution in [1.29, 1.82) is 0 Å². The van der Waals surface area contributed by atoms with Crippen LogP contribution in [0, 0.1) is 5.82 Å². The van der Waals surface area contributed by atoms with E-state index in [1.807, 2.05) is 19.1 Å². The van der Waals surface area contributed by atoms with E-state index in [0.29, 0.717) is 11.3 Å². The standard InChI is InChI=1S/C30H31FN2O3/c1-20-27-19-25(34)9-10-28(27)36-30(29(20)23-16-24(31)18-26(35)17-23)22-7-5-21(6-8-22)4-3-11-33-14-12-32(2)13-15-33/h3-10,16-19,30,34-35H,11-15H2,1-2H3/b4-3-. The highest BCUT2D eigenvalue weighted by molar-refractivity contribution is 5.96. The highest BCUT2D eigenvalue weighted by Crippen LogP contribution is 2.47. The van der Waals surface area contributed by atoms with Crippen LogP contribution in [0.25, 0.3) is 17.2 Å². The highest BCUT2D eigenvalue weighted by Gasteiger charge is 2.30. The van der Waals surface area contributed by atoms with Gasteiger partial charge in [0.1, 0.15) is 29.2 Å². The Hall–Kier alpha value is -3.61. The van der Waals surface area contributed by atoms with Crippen LogP contribution in [-0.4, -0.2) is 59.8 Å². The van der Waals surface area contributed by atoms with Crippen molar-refractivity contribution in [2.45, 2.75) is 13.0 Å². The molecule has 3 aromatic rings. The molecule has 1 unspecified atom stereocenters. The molecule has 5 nitrogen and oxygen atoms in total. The van der Waals surface area contributed by atoms with Crippen LogP contribution in [0.5, 0.6) is 17.2 Å². The fraction of sp³-hybridized carbons (Fsp3) is 0.267. The Kier molecular flexibility index (Phi) is 6.81. The van der Waals surface area contributed by atoms with Crippen LogP contribution in [0.3, 0.4) is 0 Å². The van der Waals surface area contributed by atoms with E-state index < -0.39 is 11.9 Å². The minimum Gasteiger partial charge on any atom is -0.508 e. The third-order valence-electron chi connectivity index (χ3n) is 6.98. The van der Waals surface area contributed by atoms with Gasteiger partial charge in [-0.3, -0.25) is 4.90 Å². The van der Waals surface area contributed by atoms with Gasteiger partial charge in [0.15, 0.2) is 0 Å². The molecule has 3 aromatic carbocycles. The Morgan fingerprint density at radius 1 is 0.944 bits per heavy atom. The van der Waals surface area contributed by atoms with Crippen molar-refractivity contribution in [1.82, 2.24) is 9.80 Å². The summed E-state index contributed by atoms with van der Waals surface area (Å²) in [6.45, 7) is 7.24. The van der Waals surface area contributed by atoms with Crippen molar-refractivity contribution < 1.29 is 19.3 Å². The molecule has 0 amide bonds. The minimum absolute atomic E-state index is 0.129. The maximum Gasteiger partial charge on any atom is 0.150 e. The number of ether oxygens (including phenoxy) is 1. The van der Waals surface area contributed by atoms with Crippen LogP contribution in [0.4, 0.5) is 4.39 Å². The maximum absolute atomic E-state index is 14.2. The van der Waals surface area contributed by atoms with Gasteiger partial charge in [0.05, 0.1) is 0 Å². The van der Waals surface area contributed by atoms with Crippen molar-refractivity contribution >= 4 is 17.2 Å². The van der Waals surface area contributed by atoms with Gasteiger partial charge in [0.2, 0.25) is 0 Å². The number of hydrogen-bond acceptors (Lipinski definition) is 5. The number of benzene rings is 3. The molecule has 186 valence electrons. The summed E-state index contributed by atoms with van der Waals surface area (Å²) in [5.41, 5.74) is 4.91. The Labute approximate surface area is 211 Å². The number of rotatable bonds is 5. The summed E-state index contributed by atoms with van der Waals surface area (Å²) in [5, 5.41) is 20.1. The Balaban J connectivity index is 1.43. The van der Waals surface area contributed by atoms with Gasteiger partial charge in [-0.2, -0.15) is 0 Å². The van der Waals surface area contributed by atoms with E-state index in [1.54, 1.807) is 24.3 Å². The number of aromatic hydroxyl groups is 2. The van der Waals surface area contributed by atoms with Gasteiger partial charge in [-0.25, -0.2) is 4.39 Å². The van der Waals surface area contributed by atoms with Crippen LogP contribution in [0.1, 0.15) is 35.3 Å². The second kappa shape index (κ2) is 10.2. The van der Waals surface area contributed by atoms with Crippen LogP contribution in [0.15, 0.2) is 66.7 Å². The lowest BCUT2D eigenvalue weighted by atomic mass is 9.86. The zero-order valence-corrected chi connectivity index (χ0v) is 20.6. The molecule has 0 aromatic heterocycles. The number of nitrogens with zero attached hydrogens (tertiary/aromatic N) is 2. The summed E-state index contributed by atoms with van der Waals surface area (Å²) in [7, 11) is 2.16. The molecule has 36 heavy (non-hydrogen) atoms. The Morgan fingerprint density at radius 3 is 2.42 bits per heavy atom. The summed E-state index contributed by atoms with van der Waals surface area (Å²) < 4.78 is 20.6. The largest absolute Gasteiger partial charge is 0.508 e. The number of fused-ring (bicyclic) bond motifs is 1. The van der Waals surface area contributed by atoms with Crippen molar-refractivity contribution in [3.05, 3.63) is 94.8 Å². The summed E-state index contributed by atoms with van der Waals surface area (Å²) in [5.74, 6) is 0.110. The number of hydrogen-bond donors (Lipinski definition) is 2. The van der Waals surface area contributed by atoms with E-state index in [4.69, 9.17) is 4.74 Å². The zero-order valence-electron chi connectivity index (χ0n) is 20.6. The number of halogens is 1. The predicted octanol–water partition coefficient (Wildman–Crippen LogP) is 5.56. The highest BCUT2D eigenvalue weighted by atomic mass is 19.1. The molecular weight excluding hydrogens is 455 g/mol. The van der Waals surface area contributed by atoms with Crippen molar-refractivity contribution in [3.63, 3.8) is 0 Å². The van der Waals surface area contributed by atoms with Gasteiger partial charge in [0, 0.05) is 49.9 Å². The molecule has 0 spiro atoms. The fourth-order valence-corrected chi connectivity index (χ4v) is 4.92. The quantitative estimate of drug-likeness (QED) is 0.494. The minimum atomic E-state index is -0.522. The molecule has 1 fully saturated rings. The molecule has 1 atom stereocenters. The molecule has 2 heterocycles. The molecule has 0 saturated carbocycles. The van der Waals surface area contributed by atoms with E-state index in [-0.39, 0.29) is 11.5 Å². The predicted molar refractivity (Wildman–Crippen MR) is 141 cm³/mol. The summed E-state index contributed by atoms with van der Waals surface area (Å²) in [4.78, 5) is 4.80. The number of likely N-dealkylation sites (N-methyl/N-ethyl adjacent to an activating group) is 1. The first-order valence-corrected chi connectivity index (χ1v) is 12.3.